The molecule has 1 aromatic carbocycles. The molecule has 4 nitrogen and oxygen atoms in total. The number of pyridine rings is 1. The van der Waals surface area contributed by atoms with Gasteiger partial charge >= 0.3 is 0 Å². The van der Waals surface area contributed by atoms with Gasteiger partial charge in [0.1, 0.15) is 5.69 Å². The van der Waals surface area contributed by atoms with Crippen molar-refractivity contribution in [3.05, 3.63) is 46.4 Å². The molecule has 0 aliphatic carbocycles. The van der Waals surface area contributed by atoms with E-state index in [-0.39, 0.29) is 17.5 Å². The van der Waals surface area contributed by atoms with E-state index in [2.05, 4.69) is 19.2 Å². The van der Waals surface area contributed by atoms with Crippen LogP contribution < -0.4 is 10.9 Å². The van der Waals surface area contributed by atoms with Gasteiger partial charge in [-0.15, -0.1) is 0 Å². The van der Waals surface area contributed by atoms with Gasteiger partial charge in [-0.3, -0.25) is 9.59 Å². The number of amides is 1. The molecule has 0 saturated heterocycles. The Hall–Kier alpha value is -2.10. The second kappa shape index (κ2) is 6.77. The summed E-state index contributed by atoms with van der Waals surface area (Å²) in [5.41, 5.74) is 0.353. The first-order valence-corrected chi connectivity index (χ1v) is 7.83. The second-order valence-corrected chi connectivity index (χ2v) is 6.38. The summed E-state index contributed by atoms with van der Waals surface area (Å²) in [5, 5.41) is 4.35. The third-order valence-electron chi connectivity index (χ3n) is 3.60. The van der Waals surface area contributed by atoms with E-state index >= 15 is 0 Å². The number of fused-ring (bicyclic) bond motifs is 1. The highest BCUT2D eigenvalue weighted by atomic mass is 16.2. The molecule has 0 saturated carbocycles. The Labute approximate surface area is 131 Å². The molecule has 1 amide bonds. The topological polar surface area (TPSA) is 51.1 Å². The van der Waals surface area contributed by atoms with Crippen LogP contribution in [0.15, 0.2) is 35.1 Å². The lowest BCUT2D eigenvalue weighted by Crippen LogP contribution is -2.36. The standard InChI is InChI=1S/C18H24N2O2/c1-12(2)9-10-20-16(17(21)19-13(3)4)11-14-7-5-6-8-15(14)18(20)22/h5-8,11-13H,9-10H2,1-4H3,(H,19,21). The highest BCUT2D eigenvalue weighted by molar-refractivity contribution is 5.96. The summed E-state index contributed by atoms with van der Waals surface area (Å²) in [4.78, 5) is 25.2. The summed E-state index contributed by atoms with van der Waals surface area (Å²) >= 11 is 0. The zero-order valence-corrected chi connectivity index (χ0v) is 13.7. The Kier molecular flexibility index (Phi) is 5.01. The van der Waals surface area contributed by atoms with Crippen LogP contribution in [0.25, 0.3) is 10.8 Å². The van der Waals surface area contributed by atoms with Gasteiger partial charge in [-0.25, -0.2) is 0 Å². The molecule has 2 aromatic rings. The molecule has 0 aliphatic rings. The van der Waals surface area contributed by atoms with E-state index in [1.807, 2.05) is 44.2 Å². The number of carbonyl (C=O) groups excluding carboxylic acids is 1. The van der Waals surface area contributed by atoms with E-state index in [4.69, 9.17) is 0 Å². The lowest BCUT2D eigenvalue weighted by molar-refractivity contribution is 0.0932. The molecule has 0 aliphatic heterocycles. The van der Waals surface area contributed by atoms with Crippen LogP contribution in [0.1, 0.15) is 44.6 Å². The fourth-order valence-electron chi connectivity index (χ4n) is 2.43. The smallest absolute Gasteiger partial charge is 0.268 e. The maximum Gasteiger partial charge on any atom is 0.268 e. The van der Waals surface area contributed by atoms with E-state index in [0.29, 0.717) is 23.5 Å². The summed E-state index contributed by atoms with van der Waals surface area (Å²) in [6, 6.07) is 9.26. The molecule has 0 atom stereocenters. The van der Waals surface area contributed by atoms with Crippen molar-refractivity contribution in [2.75, 3.05) is 0 Å². The van der Waals surface area contributed by atoms with Crippen LogP contribution >= 0.6 is 0 Å². The molecule has 1 N–H and O–H groups in total. The SMILES string of the molecule is CC(C)CCn1c(C(=O)NC(C)C)cc2ccccc2c1=O. The highest BCUT2D eigenvalue weighted by Gasteiger charge is 2.16. The van der Waals surface area contributed by atoms with Crippen molar-refractivity contribution in [2.45, 2.75) is 46.7 Å². The Morgan fingerprint density at radius 3 is 2.50 bits per heavy atom. The Morgan fingerprint density at radius 1 is 1.18 bits per heavy atom. The minimum Gasteiger partial charge on any atom is -0.349 e. The minimum absolute atomic E-state index is 0.0348. The number of rotatable bonds is 5. The molecule has 118 valence electrons. The van der Waals surface area contributed by atoms with Gasteiger partial charge in [0.15, 0.2) is 0 Å². The maximum absolute atomic E-state index is 12.7. The third-order valence-corrected chi connectivity index (χ3v) is 3.60. The molecular formula is C18H24N2O2. The first kappa shape index (κ1) is 16.3. The lowest BCUT2D eigenvalue weighted by Gasteiger charge is -2.16. The molecule has 1 heterocycles. The van der Waals surface area contributed by atoms with Crippen LogP contribution in [0.3, 0.4) is 0 Å². The molecular weight excluding hydrogens is 276 g/mol. The molecule has 0 spiro atoms. The zero-order chi connectivity index (χ0) is 16.3. The predicted octanol–water partition coefficient (Wildman–Crippen LogP) is 3.19. The van der Waals surface area contributed by atoms with Crippen molar-refractivity contribution in [1.29, 1.82) is 0 Å². The molecule has 1 aromatic heterocycles. The van der Waals surface area contributed by atoms with Crippen molar-refractivity contribution in [3.63, 3.8) is 0 Å². The van der Waals surface area contributed by atoms with E-state index in [1.165, 1.54) is 0 Å². The first-order chi connectivity index (χ1) is 10.4. The van der Waals surface area contributed by atoms with Crippen molar-refractivity contribution in [2.24, 2.45) is 5.92 Å². The van der Waals surface area contributed by atoms with Crippen LogP contribution in [0.2, 0.25) is 0 Å². The van der Waals surface area contributed by atoms with Gasteiger partial charge < -0.3 is 9.88 Å². The van der Waals surface area contributed by atoms with Crippen LogP contribution in [-0.4, -0.2) is 16.5 Å². The summed E-state index contributed by atoms with van der Waals surface area (Å²) in [5.74, 6) is 0.279. The fraction of sp³-hybridized carbons (Fsp3) is 0.444. The third kappa shape index (κ3) is 3.56. The maximum atomic E-state index is 12.7. The van der Waals surface area contributed by atoms with E-state index in [9.17, 15) is 9.59 Å². The number of hydrogen-bond acceptors (Lipinski definition) is 2. The van der Waals surface area contributed by atoms with Gasteiger partial charge in [0, 0.05) is 18.0 Å². The largest absolute Gasteiger partial charge is 0.349 e. The summed E-state index contributed by atoms with van der Waals surface area (Å²) < 4.78 is 1.61. The van der Waals surface area contributed by atoms with Crippen molar-refractivity contribution in [3.8, 4) is 0 Å². The first-order valence-electron chi connectivity index (χ1n) is 7.83. The summed E-state index contributed by atoms with van der Waals surface area (Å²) in [6.45, 7) is 8.60. The van der Waals surface area contributed by atoms with E-state index in [1.54, 1.807) is 4.57 Å². The van der Waals surface area contributed by atoms with Crippen molar-refractivity contribution >= 4 is 16.7 Å². The van der Waals surface area contributed by atoms with Crippen molar-refractivity contribution < 1.29 is 4.79 Å². The molecule has 0 radical (unpaired) electrons. The van der Waals surface area contributed by atoms with E-state index < -0.39 is 0 Å². The van der Waals surface area contributed by atoms with Crippen molar-refractivity contribution in [1.82, 2.24) is 9.88 Å². The number of nitrogens with zero attached hydrogens (tertiary/aromatic N) is 1. The lowest BCUT2D eigenvalue weighted by atomic mass is 10.1. The minimum atomic E-state index is -0.193. The van der Waals surface area contributed by atoms with E-state index in [0.717, 1.165) is 11.8 Å². The predicted molar refractivity (Wildman–Crippen MR) is 90.3 cm³/mol. The quantitative estimate of drug-likeness (QED) is 0.922. The van der Waals surface area contributed by atoms with Gasteiger partial charge in [0.2, 0.25) is 0 Å². The zero-order valence-electron chi connectivity index (χ0n) is 13.7. The fourth-order valence-corrected chi connectivity index (χ4v) is 2.43. The van der Waals surface area contributed by atoms with Gasteiger partial charge in [-0.1, -0.05) is 32.0 Å². The van der Waals surface area contributed by atoms with Crippen LogP contribution in [0.5, 0.6) is 0 Å². The number of benzene rings is 1. The molecule has 0 bridgehead atoms. The highest BCUT2D eigenvalue weighted by Crippen LogP contribution is 2.14. The number of aromatic nitrogens is 1. The molecule has 2 rings (SSSR count). The van der Waals surface area contributed by atoms with Gasteiger partial charge in [-0.2, -0.15) is 0 Å². The normalized spacial score (nSPS) is 11.4. The summed E-state index contributed by atoms with van der Waals surface area (Å²) in [6.07, 6.45) is 0.861. The number of hydrogen-bond donors (Lipinski definition) is 1. The Morgan fingerprint density at radius 2 is 1.86 bits per heavy atom. The monoisotopic (exact) mass is 300 g/mol. The van der Waals surface area contributed by atoms with Crippen LogP contribution in [0.4, 0.5) is 0 Å². The van der Waals surface area contributed by atoms with Gasteiger partial charge in [-0.05, 0) is 43.7 Å². The molecule has 22 heavy (non-hydrogen) atoms. The Bertz CT molecular complexity index is 729. The molecule has 0 fully saturated rings. The number of nitrogens with one attached hydrogen (secondary N) is 1. The van der Waals surface area contributed by atoms with Crippen LogP contribution in [0, 0.1) is 5.92 Å². The number of carbonyl (C=O) groups is 1. The van der Waals surface area contributed by atoms with Gasteiger partial charge in [0.25, 0.3) is 11.5 Å². The average molecular weight is 300 g/mol. The van der Waals surface area contributed by atoms with Gasteiger partial charge in [0.05, 0.1) is 0 Å². The summed E-state index contributed by atoms with van der Waals surface area (Å²) in [7, 11) is 0. The molecule has 0 unspecified atom stereocenters. The van der Waals surface area contributed by atoms with Crippen LogP contribution in [-0.2, 0) is 6.54 Å². The second-order valence-electron chi connectivity index (χ2n) is 6.38. The average Bonchev–Trinajstić information content (AvgIpc) is 2.45. The Balaban J connectivity index is 2.57. The molecule has 4 heteroatoms.